The maximum absolute atomic E-state index is 8.64. The first kappa shape index (κ1) is 61.7. The molecule has 6 aromatic rings. The Morgan fingerprint density at radius 1 is 0.698 bits per heavy atom. The van der Waals surface area contributed by atoms with Gasteiger partial charge in [0, 0.05) is 42.7 Å². The Balaban J connectivity index is 0. The molecule has 4 aromatic heterocycles. The Bertz CT molecular complexity index is 2300. The van der Waals surface area contributed by atoms with Crippen LogP contribution in [0.25, 0.3) is 33.4 Å². The summed E-state index contributed by atoms with van der Waals surface area (Å²) in [5.41, 5.74) is 37.9. The van der Waals surface area contributed by atoms with E-state index in [1.807, 2.05) is 93.5 Å². The number of carbonyl (C=O) groups excluding carboxylic acids is 1. The second-order valence-electron chi connectivity index (χ2n) is 14.8. The van der Waals surface area contributed by atoms with Gasteiger partial charge in [0.05, 0.1) is 56.7 Å². The third kappa shape index (κ3) is 14.9. The summed E-state index contributed by atoms with van der Waals surface area (Å²) in [6.07, 6.45) is 0. The van der Waals surface area contributed by atoms with Gasteiger partial charge >= 0.3 is 145 Å². The Hall–Kier alpha value is -1.27. The van der Waals surface area contributed by atoms with Gasteiger partial charge in [0.1, 0.15) is 11.5 Å². The minimum Gasteiger partial charge on any atom is -1.00 e. The van der Waals surface area contributed by atoms with Gasteiger partial charge in [-0.3, -0.25) is 15.0 Å². The molecule has 1 aliphatic heterocycles. The van der Waals surface area contributed by atoms with Gasteiger partial charge in [-0.25, -0.2) is 0 Å². The second-order valence-corrected chi connectivity index (χ2v) is 16.0. The first-order valence-corrected chi connectivity index (χ1v) is 20.2. The molecule has 1 fully saturated rings. The van der Waals surface area contributed by atoms with E-state index in [2.05, 4.69) is 85.9 Å². The van der Waals surface area contributed by atoms with Gasteiger partial charge in [0.2, 0.25) is 0 Å². The average molecular weight is 1220 g/mol. The van der Waals surface area contributed by atoms with Crippen LogP contribution in [0.3, 0.4) is 0 Å². The van der Waals surface area contributed by atoms with Crippen LogP contribution in [0, 0.1) is 59.0 Å². The van der Waals surface area contributed by atoms with Crippen molar-refractivity contribution in [2.45, 2.75) is 116 Å². The zero-order chi connectivity index (χ0) is 45.4. The molecule has 2 aromatic carbocycles. The van der Waals surface area contributed by atoms with E-state index in [1.165, 1.54) is 0 Å². The van der Waals surface area contributed by atoms with Crippen LogP contribution in [-0.2, 0) is 19.0 Å². The smallest absolute Gasteiger partial charge is 1.00 e. The van der Waals surface area contributed by atoms with Crippen molar-refractivity contribution in [3.8, 4) is 33.4 Å². The minimum absolute atomic E-state index is 0. The number of anilines is 4. The monoisotopic (exact) mass is 1220 g/mol. The van der Waals surface area contributed by atoms with Gasteiger partial charge in [0.15, 0.2) is 0 Å². The molecule has 0 amide bonds. The number of nitrogens with two attached hydrogens (primary N) is 4. The second kappa shape index (κ2) is 26.9. The zero-order valence-electron chi connectivity index (χ0n) is 39.8. The zero-order valence-corrected chi connectivity index (χ0v) is 53.5. The van der Waals surface area contributed by atoms with Crippen molar-refractivity contribution in [1.82, 2.24) is 30.7 Å². The number of nitrogens with zero attached hydrogens (tertiary/aromatic N) is 4. The summed E-state index contributed by atoms with van der Waals surface area (Å²) in [5, 5.41) is 30.7. The number of carbonyl (C=O) groups is 1. The number of benzene rings is 2. The first-order valence-electron chi connectivity index (χ1n) is 19.1. The fourth-order valence-corrected chi connectivity index (χ4v) is 7.06. The van der Waals surface area contributed by atoms with E-state index in [0.717, 1.165) is 88.1 Å². The maximum Gasteiger partial charge on any atom is 1.00 e. The number of aryl methyl sites for hydroxylation is 8. The van der Waals surface area contributed by atoms with E-state index < -0.39 is 0 Å². The summed E-state index contributed by atoms with van der Waals surface area (Å²) in [6, 6.07) is 7.71. The van der Waals surface area contributed by atoms with Gasteiger partial charge in [-0.1, -0.05) is 31.6 Å². The molecular formula is C42H62BCs2IN10O7. The molecule has 0 atom stereocenters. The number of nitrogens with one attached hydrogen (secondary N) is 2. The SMILES string of the molecule is C.CC.Cc1n[nH]c(C)c1-c1cc(-c2c(C)noc2C)cc(N)c1N.Cc1n[nH]c(C)c1B1OC(C)(C)C(C)(C)O1.Cc1noc(C)c1-c1cc(N)c(N)c(I)c1.O=CO[O-].[Cs+].[Cs+].[H-]. The third-order valence-corrected chi connectivity index (χ3v) is 11.0. The molecule has 334 valence electrons. The van der Waals surface area contributed by atoms with Crippen molar-refractivity contribution in [3.63, 3.8) is 0 Å². The normalized spacial score (nSPS) is 12.8. The molecule has 0 aliphatic carbocycles. The number of aromatic nitrogens is 6. The molecule has 0 saturated carbocycles. The third-order valence-electron chi connectivity index (χ3n) is 10.1. The Morgan fingerprint density at radius 3 is 1.46 bits per heavy atom. The Labute approximate surface area is 504 Å². The number of rotatable bonds is 5. The average Bonchev–Trinajstić information content (AvgIpc) is 3.96. The van der Waals surface area contributed by atoms with Crippen LogP contribution < -0.4 is 171 Å². The standard InChI is InChI=1S/C16H19N5O.C11H19BN2O2.C11H12IN3O.C2H6.CH2O3.CH4.2Cs.H/c1-7-14(8(2)20-19-7)12-5-11(6-13(17)16(12)18)15-9(3)21-22-10(15)4;1-7-9(8(2)14-13-7)12-15-10(3,4)11(5,6)16-12;1-5-10(6(2)16-15-5)7-3-8(12)11(14)9(13)4-7;1-2;2-1-4-3;;;;/h5-6H,17-18H2,1-4H3,(H,19,20);1-6H3,(H,13,14);3-4H,13-14H2,1-2H3;1-2H3;1,3H;1H4;;;/q;;;;;;2*+1;-1/p-1. The molecule has 0 bridgehead atoms. The predicted molar refractivity (Wildman–Crippen MR) is 250 cm³/mol. The number of aromatic amines is 2. The molecule has 1 aliphatic rings. The molecule has 17 nitrogen and oxygen atoms in total. The van der Waals surface area contributed by atoms with Gasteiger partial charge in [-0.15, -0.1) is 0 Å². The Kier molecular flexibility index (Phi) is 26.4. The number of hydrogen-bond acceptors (Lipinski definition) is 15. The summed E-state index contributed by atoms with van der Waals surface area (Å²) >= 11 is 2.17. The van der Waals surface area contributed by atoms with Crippen LogP contribution in [0.2, 0.25) is 0 Å². The van der Waals surface area contributed by atoms with Crippen molar-refractivity contribution in [3.05, 3.63) is 73.5 Å². The fraction of sp³-hybridized carbons (Fsp3) is 0.405. The molecule has 7 rings (SSSR count). The molecule has 10 N–H and O–H groups in total. The molecule has 21 heteroatoms. The summed E-state index contributed by atoms with van der Waals surface area (Å²) < 4.78 is 23.3. The molecule has 5 heterocycles. The van der Waals surface area contributed by atoms with E-state index in [0.29, 0.717) is 22.7 Å². The van der Waals surface area contributed by atoms with E-state index in [9.17, 15) is 0 Å². The maximum atomic E-state index is 8.64. The quantitative estimate of drug-likeness (QED) is 0.0356. The molecular weight excluding hydrogens is 1160 g/mol. The van der Waals surface area contributed by atoms with Gasteiger partial charge in [-0.05, 0) is 141 Å². The van der Waals surface area contributed by atoms with Gasteiger partial charge < -0.3 is 52.9 Å². The van der Waals surface area contributed by atoms with E-state index >= 15 is 0 Å². The van der Waals surface area contributed by atoms with Crippen molar-refractivity contribution in [1.29, 1.82) is 0 Å². The predicted octanol–water partition coefficient (Wildman–Crippen LogP) is 1.40. The van der Waals surface area contributed by atoms with Crippen LogP contribution in [0.1, 0.15) is 96.1 Å². The summed E-state index contributed by atoms with van der Waals surface area (Å²) in [6.45, 7) is 27.5. The van der Waals surface area contributed by atoms with Crippen molar-refractivity contribution in [2.75, 3.05) is 22.9 Å². The fourth-order valence-electron chi connectivity index (χ4n) is 6.42. The molecule has 0 unspecified atom stereocenters. The topological polar surface area (TPSA) is 281 Å². The van der Waals surface area contributed by atoms with Crippen molar-refractivity contribution in [2.24, 2.45) is 0 Å². The number of hydrogen-bond donors (Lipinski definition) is 6. The van der Waals surface area contributed by atoms with Crippen molar-refractivity contribution >= 4 is 64.4 Å². The number of H-pyrrole nitrogens is 2. The molecule has 63 heavy (non-hydrogen) atoms. The minimum atomic E-state index is -0.316. The van der Waals surface area contributed by atoms with E-state index in [1.54, 1.807) is 0 Å². The van der Waals surface area contributed by atoms with Crippen LogP contribution in [0.5, 0.6) is 0 Å². The van der Waals surface area contributed by atoms with Gasteiger partial charge in [-0.2, -0.15) is 10.2 Å². The van der Waals surface area contributed by atoms with Crippen LogP contribution in [0.15, 0.2) is 33.3 Å². The molecule has 0 spiro atoms. The first-order chi connectivity index (χ1) is 28.1. The molecule has 0 radical (unpaired) electrons. The Morgan fingerprint density at radius 2 is 1.11 bits per heavy atom. The van der Waals surface area contributed by atoms with Crippen LogP contribution in [0.4, 0.5) is 22.7 Å². The number of halogens is 1. The summed E-state index contributed by atoms with van der Waals surface area (Å²) in [4.78, 5) is 11.2. The number of nitrogen functional groups attached to an aromatic ring is 4. The van der Waals surface area contributed by atoms with E-state index in [-0.39, 0.29) is 171 Å². The van der Waals surface area contributed by atoms with Gasteiger partial charge in [0.25, 0.3) is 6.47 Å². The van der Waals surface area contributed by atoms with Crippen LogP contribution >= 0.6 is 22.6 Å². The van der Waals surface area contributed by atoms with E-state index in [4.69, 9.17) is 51.3 Å². The largest absolute Gasteiger partial charge is 1.00 e. The molecule has 1 saturated heterocycles. The van der Waals surface area contributed by atoms with Crippen LogP contribution in [-0.4, -0.2) is 55.5 Å². The summed E-state index contributed by atoms with van der Waals surface area (Å²) in [5.74, 6) is 1.55. The van der Waals surface area contributed by atoms with Crippen molar-refractivity contribution < 1.29 is 173 Å². The summed E-state index contributed by atoms with van der Waals surface area (Å²) in [7, 11) is -0.316.